The van der Waals surface area contributed by atoms with Gasteiger partial charge >= 0.3 is 5.69 Å². The van der Waals surface area contributed by atoms with Crippen LogP contribution in [0.15, 0.2) is 72.8 Å². The van der Waals surface area contributed by atoms with Crippen LogP contribution in [0.1, 0.15) is 38.4 Å². The second-order valence-electron chi connectivity index (χ2n) is 8.30. The fraction of sp³-hybridized carbons (Fsp3) is 0.185. The van der Waals surface area contributed by atoms with Gasteiger partial charge in [-0.15, -0.1) is 0 Å². The van der Waals surface area contributed by atoms with Crippen LogP contribution in [0.2, 0.25) is 0 Å². The monoisotopic (exact) mass is 470 g/mol. The highest BCUT2D eigenvalue weighted by molar-refractivity contribution is 5.94. The van der Waals surface area contributed by atoms with Crippen LogP contribution >= 0.6 is 0 Å². The molecule has 3 aromatic carbocycles. The number of ether oxygens (including phenoxy) is 1. The Morgan fingerprint density at radius 3 is 2.54 bits per heavy atom. The van der Waals surface area contributed by atoms with Crippen molar-refractivity contribution in [2.24, 2.45) is 0 Å². The third kappa shape index (κ3) is 5.38. The molecule has 0 fully saturated rings. The van der Waals surface area contributed by atoms with E-state index in [2.05, 4.69) is 10.4 Å². The minimum absolute atomic E-state index is 0.0827. The molecule has 1 aromatic heterocycles. The molecule has 0 unspecified atom stereocenters. The Balaban J connectivity index is 1.43. The zero-order valence-electron chi connectivity index (χ0n) is 19.8. The van der Waals surface area contributed by atoms with Gasteiger partial charge in [0.15, 0.2) is 5.75 Å². The molecule has 0 spiro atoms. The maximum absolute atomic E-state index is 12.9. The van der Waals surface area contributed by atoms with E-state index in [0.717, 1.165) is 33.8 Å². The van der Waals surface area contributed by atoms with Crippen molar-refractivity contribution in [3.8, 4) is 11.4 Å². The fourth-order valence-electron chi connectivity index (χ4n) is 3.88. The molecular formula is C27H26N4O4. The van der Waals surface area contributed by atoms with Crippen molar-refractivity contribution in [2.75, 3.05) is 0 Å². The lowest BCUT2D eigenvalue weighted by molar-refractivity contribution is -0.386. The van der Waals surface area contributed by atoms with E-state index < -0.39 is 4.92 Å². The second-order valence-corrected chi connectivity index (χ2v) is 8.30. The molecule has 1 amide bonds. The summed E-state index contributed by atoms with van der Waals surface area (Å²) in [6.45, 7) is 6.15. The number of aryl methyl sites for hydroxylation is 2. The highest BCUT2D eigenvalue weighted by atomic mass is 16.6. The van der Waals surface area contributed by atoms with E-state index in [9.17, 15) is 14.9 Å². The lowest BCUT2D eigenvalue weighted by atomic mass is 10.1. The highest BCUT2D eigenvalue weighted by Gasteiger charge is 2.17. The van der Waals surface area contributed by atoms with Crippen molar-refractivity contribution in [3.05, 3.63) is 117 Å². The van der Waals surface area contributed by atoms with Crippen LogP contribution in [0.4, 0.5) is 5.69 Å². The zero-order chi connectivity index (χ0) is 24.9. The Kier molecular flexibility index (Phi) is 6.91. The van der Waals surface area contributed by atoms with Crippen molar-refractivity contribution in [1.29, 1.82) is 0 Å². The molecule has 4 rings (SSSR count). The summed E-state index contributed by atoms with van der Waals surface area (Å²) in [4.78, 5) is 23.7. The number of nitro benzene ring substituents is 1. The van der Waals surface area contributed by atoms with Crippen molar-refractivity contribution < 1.29 is 14.5 Å². The topological polar surface area (TPSA) is 99.3 Å². The van der Waals surface area contributed by atoms with E-state index in [0.29, 0.717) is 12.1 Å². The van der Waals surface area contributed by atoms with E-state index >= 15 is 0 Å². The first-order valence-corrected chi connectivity index (χ1v) is 11.2. The Morgan fingerprint density at radius 2 is 1.80 bits per heavy atom. The van der Waals surface area contributed by atoms with Crippen molar-refractivity contribution in [2.45, 2.75) is 33.9 Å². The summed E-state index contributed by atoms with van der Waals surface area (Å²) in [6, 6.07) is 21.7. The predicted octanol–water partition coefficient (Wildman–Crippen LogP) is 5.21. The van der Waals surface area contributed by atoms with Crippen LogP contribution < -0.4 is 10.1 Å². The van der Waals surface area contributed by atoms with Gasteiger partial charge in [0.25, 0.3) is 5.91 Å². The molecule has 4 aromatic rings. The fourth-order valence-corrected chi connectivity index (χ4v) is 3.88. The molecule has 8 nitrogen and oxygen atoms in total. The SMILES string of the molecule is Cc1ccc(OCc2cccc(C(=O)NCc3c(C)nn(-c4ccccc4)c3C)c2)c([N+](=O)[O-])c1. The summed E-state index contributed by atoms with van der Waals surface area (Å²) < 4.78 is 7.57. The summed E-state index contributed by atoms with van der Waals surface area (Å²) in [7, 11) is 0. The van der Waals surface area contributed by atoms with E-state index in [1.54, 1.807) is 37.3 Å². The maximum atomic E-state index is 12.9. The van der Waals surface area contributed by atoms with Crippen molar-refractivity contribution in [1.82, 2.24) is 15.1 Å². The summed E-state index contributed by atoms with van der Waals surface area (Å²) in [6.07, 6.45) is 0. The number of carbonyl (C=O) groups excluding carboxylic acids is 1. The molecule has 0 aliphatic heterocycles. The van der Waals surface area contributed by atoms with Crippen LogP contribution in [-0.2, 0) is 13.2 Å². The predicted molar refractivity (Wildman–Crippen MR) is 133 cm³/mol. The van der Waals surface area contributed by atoms with Crippen molar-refractivity contribution >= 4 is 11.6 Å². The van der Waals surface area contributed by atoms with Crippen LogP contribution in [0.5, 0.6) is 5.75 Å². The molecule has 0 saturated heterocycles. The van der Waals surface area contributed by atoms with Crippen LogP contribution in [0, 0.1) is 30.9 Å². The number of aromatic nitrogens is 2. The van der Waals surface area contributed by atoms with Crippen LogP contribution in [0.3, 0.4) is 0 Å². The number of nitro groups is 1. The lowest BCUT2D eigenvalue weighted by Gasteiger charge is -2.10. The third-order valence-electron chi connectivity index (χ3n) is 5.76. The Labute approximate surface area is 203 Å². The number of hydrogen-bond acceptors (Lipinski definition) is 5. The highest BCUT2D eigenvalue weighted by Crippen LogP contribution is 2.28. The lowest BCUT2D eigenvalue weighted by Crippen LogP contribution is -2.23. The second kappa shape index (κ2) is 10.2. The summed E-state index contributed by atoms with van der Waals surface area (Å²) in [5.74, 6) is -0.0312. The number of hydrogen-bond donors (Lipinski definition) is 1. The number of nitrogens with one attached hydrogen (secondary N) is 1. The Hall–Kier alpha value is -4.46. The molecule has 0 aliphatic rings. The summed E-state index contributed by atoms with van der Waals surface area (Å²) >= 11 is 0. The average Bonchev–Trinajstić information content (AvgIpc) is 3.15. The average molecular weight is 471 g/mol. The molecule has 0 bridgehead atoms. The molecule has 0 radical (unpaired) electrons. The van der Waals surface area contributed by atoms with Crippen LogP contribution in [0.25, 0.3) is 5.69 Å². The quantitative estimate of drug-likeness (QED) is 0.281. The van der Waals surface area contributed by atoms with Gasteiger partial charge in [-0.3, -0.25) is 14.9 Å². The number of benzene rings is 3. The minimum atomic E-state index is -0.462. The maximum Gasteiger partial charge on any atom is 0.311 e. The van der Waals surface area contributed by atoms with Gasteiger partial charge in [-0.2, -0.15) is 5.10 Å². The molecule has 1 heterocycles. The van der Waals surface area contributed by atoms with E-state index in [4.69, 9.17) is 4.74 Å². The smallest absolute Gasteiger partial charge is 0.311 e. The van der Waals surface area contributed by atoms with Gasteiger partial charge in [-0.25, -0.2) is 4.68 Å². The van der Waals surface area contributed by atoms with Gasteiger partial charge in [0.05, 0.1) is 16.3 Å². The van der Waals surface area contributed by atoms with E-state index in [1.807, 2.05) is 54.9 Å². The zero-order valence-corrected chi connectivity index (χ0v) is 19.8. The number of para-hydroxylation sites is 1. The van der Waals surface area contributed by atoms with Gasteiger partial charge in [0.1, 0.15) is 6.61 Å². The number of amides is 1. The van der Waals surface area contributed by atoms with Gasteiger partial charge in [0.2, 0.25) is 0 Å². The summed E-state index contributed by atoms with van der Waals surface area (Å²) in [5, 5.41) is 18.9. The first-order chi connectivity index (χ1) is 16.8. The number of carbonyl (C=O) groups is 1. The molecule has 1 N–H and O–H groups in total. The van der Waals surface area contributed by atoms with Gasteiger partial charge in [-0.1, -0.05) is 36.4 Å². The molecule has 0 aliphatic carbocycles. The van der Waals surface area contributed by atoms with E-state index in [1.165, 1.54) is 6.07 Å². The van der Waals surface area contributed by atoms with Crippen LogP contribution in [-0.4, -0.2) is 20.6 Å². The normalized spacial score (nSPS) is 10.7. The molecule has 0 atom stereocenters. The van der Waals surface area contributed by atoms with Crippen molar-refractivity contribution in [3.63, 3.8) is 0 Å². The first kappa shape index (κ1) is 23.7. The standard InChI is InChI=1S/C27H26N4O4/c1-18-12-13-26(25(14-18)31(33)34)35-17-21-8-7-9-22(15-21)27(32)28-16-24-19(2)29-30(20(24)3)23-10-5-4-6-11-23/h4-15H,16-17H2,1-3H3,(H,28,32). The largest absolute Gasteiger partial charge is 0.482 e. The number of rotatable bonds is 8. The molecule has 0 saturated carbocycles. The molecular weight excluding hydrogens is 444 g/mol. The van der Waals surface area contributed by atoms with E-state index in [-0.39, 0.29) is 24.0 Å². The first-order valence-electron chi connectivity index (χ1n) is 11.2. The third-order valence-corrected chi connectivity index (χ3v) is 5.76. The Morgan fingerprint density at radius 1 is 1.03 bits per heavy atom. The number of nitrogens with zero attached hydrogens (tertiary/aromatic N) is 3. The molecule has 178 valence electrons. The Bertz CT molecular complexity index is 1380. The minimum Gasteiger partial charge on any atom is -0.482 e. The molecule has 35 heavy (non-hydrogen) atoms. The van der Waals surface area contributed by atoms with Gasteiger partial charge in [-0.05, 0) is 62.2 Å². The van der Waals surface area contributed by atoms with Gasteiger partial charge in [0, 0.05) is 29.4 Å². The summed E-state index contributed by atoms with van der Waals surface area (Å²) in [5.41, 5.74) is 5.67. The molecule has 8 heteroatoms. The van der Waals surface area contributed by atoms with Gasteiger partial charge < -0.3 is 10.1 Å².